The Morgan fingerprint density at radius 3 is 2.88 bits per heavy atom. The van der Waals surface area contributed by atoms with E-state index >= 15 is 0 Å². The molecule has 128 valence electrons. The number of rotatable bonds is 1. The summed E-state index contributed by atoms with van der Waals surface area (Å²) in [6.07, 6.45) is 5.60. The van der Waals surface area contributed by atoms with Gasteiger partial charge in [0.2, 0.25) is 0 Å². The van der Waals surface area contributed by atoms with Gasteiger partial charge in [0.25, 0.3) is 0 Å². The van der Waals surface area contributed by atoms with E-state index in [0.717, 1.165) is 11.9 Å². The van der Waals surface area contributed by atoms with Gasteiger partial charge in [-0.2, -0.15) is 0 Å². The number of likely N-dealkylation sites (N-methyl/N-ethyl adjacent to an activating group) is 1. The fourth-order valence-corrected chi connectivity index (χ4v) is 5.22. The van der Waals surface area contributed by atoms with Gasteiger partial charge in [-0.25, -0.2) is 0 Å². The third-order valence-electron chi connectivity index (χ3n) is 6.46. The van der Waals surface area contributed by atoms with Crippen molar-refractivity contribution in [3.63, 3.8) is 0 Å². The Kier molecular flexibility index (Phi) is 2.89. The lowest BCUT2D eigenvalue weighted by Gasteiger charge is -2.32. The molecule has 2 bridgehead atoms. The Balaban J connectivity index is 1.68. The van der Waals surface area contributed by atoms with Crippen LogP contribution in [0.1, 0.15) is 30.1 Å². The highest BCUT2D eigenvalue weighted by Crippen LogP contribution is 2.47. The first-order valence-corrected chi connectivity index (χ1v) is 9.50. The number of pyridine rings is 1. The van der Waals surface area contributed by atoms with Crippen LogP contribution in [-0.2, 0) is 6.42 Å². The lowest BCUT2D eigenvalue weighted by atomic mass is 9.97. The van der Waals surface area contributed by atoms with E-state index in [1.165, 1.54) is 40.5 Å². The van der Waals surface area contributed by atoms with Crippen LogP contribution in [0.25, 0.3) is 27.5 Å². The van der Waals surface area contributed by atoms with Gasteiger partial charge < -0.3 is 4.57 Å². The summed E-state index contributed by atoms with van der Waals surface area (Å²) in [6, 6.07) is 21.0. The highest BCUT2D eigenvalue weighted by Gasteiger charge is 2.40. The minimum Gasteiger partial charge on any atom is -0.313 e. The fourth-order valence-electron chi connectivity index (χ4n) is 5.22. The van der Waals surface area contributed by atoms with Gasteiger partial charge in [-0.05, 0) is 55.8 Å². The number of para-hydroxylation sites is 1. The molecule has 4 aromatic rings. The minimum atomic E-state index is 0.567. The van der Waals surface area contributed by atoms with Gasteiger partial charge in [0, 0.05) is 46.9 Å². The average molecular weight is 339 g/mol. The van der Waals surface area contributed by atoms with Crippen molar-refractivity contribution in [1.29, 1.82) is 0 Å². The van der Waals surface area contributed by atoms with Crippen LogP contribution in [0, 0.1) is 0 Å². The Hall–Kier alpha value is -2.65. The highest BCUT2D eigenvalue weighted by atomic mass is 15.2. The number of nitrogens with zero attached hydrogens (tertiary/aromatic N) is 3. The van der Waals surface area contributed by atoms with E-state index in [9.17, 15) is 0 Å². The molecule has 4 heterocycles. The normalized spacial score (nSPS) is 22.2. The number of aromatic nitrogens is 2. The van der Waals surface area contributed by atoms with E-state index < -0.39 is 0 Å². The van der Waals surface area contributed by atoms with Crippen molar-refractivity contribution in [3.8, 4) is 5.69 Å². The first-order valence-electron chi connectivity index (χ1n) is 9.50. The second-order valence-electron chi connectivity index (χ2n) is 7.71. The molecule has 0 unspecified atom stereocenters. The third kappa shape index (κ3) is 1.84. The molecule has 26 heavy (non-hydrogen) atoms. The summed E-state index contributed by atoms with van der Waals surface area (Å²) < 4.78 is 2.51. The van der Waals surface area contributed by atoms with Crippen molar-refractivity contribution in [1.82, 2.24) is 14.5 Å². The van der Waals surface area contributed by atoms with Crippen molar-refractivity contribution >= 4 is 21.8 Å². The molecule has 0 saturated carbocycles. The van der Waals surface area contributed by atoms with Gasteiger partial charge in [0.1, 0.15) is 0 Å². The minimum absolute atomic E-state index is 0.567. The molecule has 2 atom stereocenters. The first kappa shape index (κ1) is 14.5. The molecule has 0 aliphatic carbocycles. The maximum absolute atomic E-state index is 4.48. The Morgan fingerprint density at radius 2 is 1.92 bits per heavy atom. The Morgan fingerprint density at radius 1 is 1.00 bits per heavy atom. The second kappa shape index (κ2) is 5.18. The van der Waals surface area contributed by atoms with E-state index in [1.54, 1.807) is 5.56 Å². The van der Waals surface area contributed by atoms with Crippen LogP contribution in [0.15, 0.2) is 60.8 Å². The van der Waals surface area contributed by atoms with Gasteiger partial charge in [0.15, 0.2) is 0 Å². The number of benzene rings is 2. The molecule has 6 rings (SSSR count). The molecule has 1 fully saturated rings. The second-order valence-corrected chi connectivity index (χ2v) is 7.71. The molecule has 0 amide bonds. The monoisotopic (exact) mass is 339 g/mol. The summed E-state index contributed by atoms with van der Waals surface area (Å²) in [5, 5.41) is 2.62. The fraction of sp³-hybridized carbons (Fsp3) is 0.261. The summed E-state index contributed by atoms with van der Waals surface area (Å²) in [5.74, 6) is 0. The lowest BCUT2D eigenvalue weighted by molar-refractivity contribution is 0.223. The first-order chi connectivity index (χ1) is 12.8. The zero-order chi connectivity index (χ0) is 17.3. The molecule has 2 aliphatic heterocycles. The molecule has 2 aromatic heterocycles. The third-order valence-corrected chi connectivity index (χ3v) is 6.46. The van der Waals surface area contributed by atoms with Crippen LogP contribution in [-0.4, -0.2) is 27.5 Å². The summed E-state index contributed by atoms with van der Waals surface area (Å²) in [7, 11) is 2.30. The van der Waals surface area contributed by atoms with Crippen molar-refractivity contribution < 1.29 is 0 Å². The summed E-state index contributed by atoms with van der Waals surface area (Å²) in [4.78, 5) is 7.08. The van der Waals surface area contributed by atoms with Crippen LogP contribution in [0.2, 0.25) is 0 Å². The van der Waals surface area contributed by atoms with E-state index in [2.05, 4.69) is 70.0 Å². The van der Waals surface area contributed by atoms with Gasteiger partial charge in [0.05, 0.1) is 11.0 Å². The van der Waals surface area contributed by atoms with Crippen LogP contribution in [0.5, 0.6) is 0 Å². The molecule has 1 saturated heterocycles. The molecule has 0 N–H and O–H groups in total. The maximum Gasteiger partial charge on any atom is 0.0703 e. The average Bonchev–Trinajstić information content (AvgIpc) is 3.12. The molecular formula is C23H21N3. The molecule has 3 nitrogen and oxygen atoms in total. The highest BCUT2D eigenvalue weighted by molar-refractivity contribution is 5.89. The number of hydrogen-bond donors (Lipinski definition) is 0. The van der Waals surface area contributed by atoms with E-state index in [1.807, 2.05) is 12.3 Å². The van der Waals surface area contributed by atoms with Gasteiger partial charge >= 0.3 is 0 Å². The van der Waals surface area contributed by atoms with Gasteiger partial charge in [-0.15, -0.1) is 0 Å². The summed E-state index contributed by atoms with van der Waals surface area (Å²) in [6.45, 7) is 0. The molecule has 0 spiro atoms. The predicted octanol–water partition coefficient (Wildman–Crippen LogP) is 4.87. The molecule has 0 radical (unpaired) electrons. The van der Waals surface area contributed by atoms with E-state index in [-0.39, 0.29) is 0 Å². The number of hydrogen-bond acceptors (Lipinski definition) is 2. The Bertz CT molecular complexity index is 1160. The summed E-state index contributed by atoms with van der Waals surface area (Å²) >= 11 is 0. The SMILES string of the molecule is CN1[C@@H]2CC[C@H]1c1c(n(-c3ccc4ncccc4c3)c3ccccc13)C2. The van der Waals surface area contributed by atoms with Gasteiger partial charge in [-0.3, -0.25) is 9.88 Å². The topological polar surface area (TPSA) is 21.1 Å². The molecular weight excluding hydrogens is 318 g/mol. The quantitative estimate of drug-likeness (QED) is 0.493. The molecule has 2 aromatic carbocycles. The largest absolute Gasteiger partial charge is 0.313 e. The van der Waals surface area contributed by atoms with Crippen molar-refractivity contribution in [2.75, 3.05) is 7.05 Å². The van der Waals surface area contributed by atoms with Crippen molar-refractivity contribution in [3.05, 3.63) is 72.1 Å². The van der Waals surface area contributed by atoms with E-state index in [4.69, 9.17) is 0 Å². The van der Waals surface area contributed by atoms with Crippen LogP contribution < -0.4 is 0 Å². The van der Waals surface area contributed by atoms with Crippen molar-refractivity contribution in [2.45, 2.75) is 31.3 Å². The maximum atomic E-state index is 4.48. The van der Waals surface area contributed by atoms with Crippen LogP contribution in [0.3, 0.4) is 0 Å². The van der Waals surface area contributed by atoms with Crippen molar-refractivity contribution in [2.24, 2.45) is 0 Å². The molecule has 2 aliphatic rings. The number of fused-ring (bicyclic) bond motifs is 7. The predicted molar refractivity (Wildman–Crippen MR) is 106 cm³/mol. The van der Waals surface area contributed by atoms with Crippen LogP contribution >= 0.6 is 0 Å². The smallest absolute Gasteiger partial charge is 0.0703 e. The lowest BCUT2D eigenvalue weighted by Crippen LogP contribution is -2.34. The van der Waals surface area contributed by atoms with Gasteiger partial charge in [-0.1, -0.05) is 24.3 Å². The zero-order valence-electron chi connectivity index (χ0n) is 14.9. The Labute approximate surface area is 152 Å². The summed E-state index contributed by atoms with van der Waals surface area (Å²) in [5.41, 5.74) is 6.72. The standard InChI is InChI=1S/C23H21N3/c1-25-16-9-11-21(25)23-18-6-2-3-7-20(18)26(22(23)14-16)17-8-10-19-15(13-17)5-4-12-24-19/h2-8,10,12-13,16,21H,9,11,14H2,1H3/t16-,21+/m1/s1. The van der Waals surface area contributed by atoms with E-state index in [0.29, 0.717) is 12.1 Å². The molecule has 3 heteroatoms. The van der Waals surface area contributed by atoms with Crippen LogP contribution in [0.4, 0.5) is 0 Å². The zero-order valence-corrected chi connectivity index (χ0v) is 14.9.